The van der Waals surface area contributed by atoms with Gasteiger partial charge in [-0.05, 0) is 13.0 Å². The molecular formula is C10H11FO2. The van der Waals surface area contributed by atoms with E-state index in [1.807, 2.05) is 0 Å². The van der Waals surface area contributed by atoms with E-state index < -0.39 is 11.9 Å². The fourth-order valence-electron chi connectivity index (χ4n) is 1.20. The van der Waals surface area contributed by atoms with Crippen LogP contribution in [0.2, 0.25) is 0 Å². The number of ether oxygens (including phenoxy) is 1. The third-order valence-electron chi connectivity index (χ3n) is 1.79. The average Bonchev–Trinajstić information content (AvgIpc) is 2.09. The van der Waals surface area contributed by atoms with Crippen molar-refractivity contribution in [2.24, 2.45) is 0 Å². The number of hydrogen-bond donors (Lipinski definition) is 0. The van der Waals surface area contributed by atoms with Gasteiger partial charge in [0.25, 0.3) is 0 Å². The number of rotatable bonds is 3. The summed E-state index contributed by atoms with van der Waals surface area (Å²) in [7, 11) is 1.39. The average molecular weight is 182 g/mol. The van der Waals surface area contributed by atoms with Crippen LogP contribution in [0.5, 0.6) is 0 Å². The molecule has 0 aromatic heterocycles. The lowest BCUT2D eigenvalue weighted by molar-refractivity contribution is -0.127. The zero-order chi connectivity index (χ0) is 9.84. The lowest BCUT2D eigenvalue weighted by Gasteiger charge is -2.12. The summed E-state index contributed by atoms with van der Waals surface area (Å²) in [5, 5.41) is 0. The zero-order valence-corrected chi connectivity index (χ0v) is 7.58. The number of carbonyl (C=O) groups excluding carboxylic acids is 1. The molecule has 0 aliphatic carbocycles. The van der Waals surface area contributed by atoms with Gasteiger partial charge < -0.3 is 4.74 Å². The number of halogens is 1. The topological polar surface area (TPSA) is 26.3 Å². The van der Waals surface area contributed by atoms with Crippen LogP contribution < -0.4 is 0 Å². The molecule has 1 rings (SSSR count). The van der Waals surface area contributed by atoms with Crippen molar-refractivity contribution in [2.45, 2.75) is 13.0 Å². The highest BCUT2D eigenvalue weighted by Crippen LogP contribution is 2.20. The van der Waals surface area contributed by atoms with Crippen molar-refractivity contribution in [1.29, 1.82) is 0 Å². The zero-order valence-electron chi connectivity index (χ0n) is 7.58. The summed E-state index contributed by atoms with van der Waals surface area (Å²) >= 11 is 0. The van der Waals surface area contributed by atoms with E-state index in [0.717, 1.165) is 0 Å². The summed E-state index contributed by atoms with van der Waals surface area (Å²) in [5.41, 5.74) is 0.289. The Hall–Kier alpha value is -1.22. The third kappa shape index (κ3) is 2.12. The minimum absolute atomic E-state index is 0.201. The van der Waals surface area contributed by atoms with Crippen molar-refractivity contribution in [1.82, 2.24) is 0 Å². The summed E-state index contributed by atoms with van der Waals surface area (Å²) in [4.78, 5) is 11.0. The molecule has 0 saturated carbocycles. The summed E-state index contributed by atoms with van der Waals surface area (Å²) in [6.45, 7) is 1.38. The van der Waals surface area contributed by atoms with E-state index in [1.54, 1.807) is 18.2 Å². The van der Waals surface area contributed by atoms with E-state index in [4.69, 9.17) is 4.74 Å². The Bertz CT molecular complexity index is 310. The van der Waals surface area contributed by atoms with Crippen molar-refractivity contribution < 1.29 is 13.9 Å². The fraction of sp³-hybridized carbons (Fsp3) is 0.300. The first-order valence-corrected chi connectivity index (χ1v) is 3.94. The van der Waals surface area contributed by atoms with E-state index in [0.29, 0.717) is 0 Å². The maximum Gasteiger partial charge on any atom is 0.163 e. The van der Waals surface area contributed by atoms with Crippen LogP contribution in [-0.2, 0) is 9.53 Å². The van der Waals surface area contributed by atoms with Gasteiger partial charge in [0, 0.05) is 12.7 Å². The first-order valence-electron chi connectivity index (χ1n) is 3.94. The third-order valence-corrected chi connectivity index (χ3v) is 1.79. The predicted molar refractivity (Wildman–Crippen MR) is 46.8 cm³/mol. The molecular weight excluding hydrogens is 171 g/mol. The lowest BCUT2D eigenvalue weighted by Crippen LogP contribution is -2.12. The highest BCUT2D eigenvalue weighted by Gasteiger charge is 2.18. The van der Waals surface area contributed by atoms with Gasteiger partial charge in [-0.3, -0.25) is 4.79 Å². The maximum absolute atomic E-state index is 13.2. The summed E-state index contributed by atoms with van der Waals surface area (Å²) in [6.07, 6.45) is -0.791. The molecule has 0 amide bonds. The van der Waals surface area contributed by atoms with Crippen LogP contribution >= 0.6 is 0 Å². The molecule has 0 bridgehead atoms. The van der Waals surface area contributed by atoms with E-state index in [-0.39, 0.29) is 11.3 Å². The molecule has 0 radical (unpaired) electrons. The Morgan fingerprint density at radius 2 is 2.08 bits per heavy atom. The largest absolute Gasteiger partial charge is 0.369 e. The summed E-state index contributed by atoms with van der Waals surface area (Å²) in [6, 6.07) is 6.11. The number of benzene rings is 1. The molecule has 1 aromatic rings. The number of Topliss-reactive ketones (excluding diaryl/α,β-unsaturated/α-hetero) is 1. The number of carbonyl (C=O) groups is 1. The molecule has 0 heterocycles. The molecule has 70 valence electrons. The summed E-state index contributed by atoms with van der Waals surface area (Å²) < 4.78 is 18.0. The molecule has 2 nitrogen and oxygen atoms in total. The van der Waals surface area contributed by atoms with E-state index in [2.05, 4.69) is 0 Å². The minimum Gasteiger partial charge on any atom is -0.369 e. The Balaban J connectivity index is 3.04. The fourth-order valence-corrected chi connectivity index (χ4v) is 1.20. The van der Waals surface area contributed by atoms with Gasteiger partial charge in [-0.25, -0.2) is 4.39 Å². The van der Waals surface area contributed by atoms with Gasteiger partial charge in [0.2, 0.25) is 0 Å². The summed E-state index contributed by atoms with van der Waals surface area (Å²) in [5.74, 6) is -0.614. The lowest BCUT2D eigenvalue weighted by atomic mass is 10.1. The van der Waals surface area contributed by atoms with Crippen LogP contribution in [0.3, 0.4) is 0 Å². The molecule has 0 aliphatic heterocycles. The Morgan fingerprint density at radius 1 is 1.46 bits per heavy atom. The monoisotopic (exact) mass is 182 g/mol. The molecule has 0 fully saturated rings. The molecule has 1 atom stereocenters. The molecule has 0 N–H and O–H groups in total. The molecule has 0 saturated heterocycles. The highest BCUT2D eigenvalue weighted by atomic mass is 19.1. The van der Waals surface area contributed by atoms with Crippen LogP contribution in [0.4, 0.5) is 4.39 Å². The van der Waals surface area contributed by atoms with Gasteiger partial charge in [0.15, 0.2) is 5.78 Å². The number of methoxy groups -OCH3 is 1. The maximum atomic E-state index is 13.2. The van der Waals surface area contributed by atoms with Crippen molar-refractivity contribution in [3.63, 3.8) is 0 Å². The second-order valence-electron chi connectivity index (χ2n) is 2.75. The van der Waals surface area contributed by atoms with Crippen molar-refractivity contribution >= 4 is 5.78 Å². The van der Waals surface area contributed by atoms with Crippen molar-refractivity contribution in [3.8, 4) is 0 Å². The smallest absolute Gasteiger partial charge is 0.163 e. The van der Waals surface area contributed by atoms with E-state index in [1.165, 1.54) is 20.1 Å². The first-order chi connectivity index (χ1) is 6.16. The van der Waals surface area contributed by atoms with Crippen LogP contribution in [0.25, 0.3) is 0 Å². The number of ketones is 1. The predicted octanol–water partition coefficient (Wildman–Crippen LogP) is 2.10. The standard InChI is InChI=1S/C10H11FO2/c1-7(12)10(13-2)8-5-3-4-6-9(8)11/h3-6,10H,1-2H3. The van der Waals surface area contributed by atoms with E-state index >= 15 is 0 Å². The van der Waals surface area contributed by atoms with E-state index in [9.17, 15) is 9.18 Å². The van der Waals surface area contributed by atoms with Gasteiger partial charge >= 0.3 is 0 Å². The number of hydrogen-bond acceptors (Lipinski definition) is 2. The van der Waals surface area contributed by atoms with Gasteiger partial charge in [-0.1, -0.05) is 18.2 Å². The van der Waals surface area contributed by atoms with Crippen LogP contribution in [0.15, 0.2) is 24.3 Å². The van der Waals surface area contributed by atoms with Gasteiger partial charge in [0.1, 0.15) is 11.9 Å². The SMILES string of the molecule is COC(C(C)=O)c1ccccc1F. The Morgan fingerprint density at radius 3 is 2.54 bits per heavy atom. The normalized spacial score (nSPS) is 12.5. The second-order valence-corrected chi connectivity index (χ2v) is 2.75. The van der Waals surface area contributed by atoms with Crippen LogP contribution in [0, 0.1) is 5.82 Å². The molecule has 1 aromatic carbocycles. The molecule has 1 unspecified atom stereocenters. The molecule has 0 spiro atoms. The van der Waals surface area contributed by atoms with Gasteiger partial charge in [0.05, 0.1) is 0 Å². The van der Waals surface area contributed by atoms with Gasteiger partial charge in [-0.15, -0.1) is 0 Å². The molecule has 0 aliphatic rings. The van der Waals surface area contributed by atoms with Crippen LogP contribution in [0.1, 0.15) is 18.6 Å². The minimum atomic E-state index is -0.791. The van der Waals surface area contributed by atoms with Crippen molar-refractivity contribution in [2.75, 3.05) is 7.11 Å². The highest BCUT2D eigenvalue weighted by molar-refractivity contribution is 5.81. The Labute approximate surface area is 76.3 Å². The first kappa shape index (κ1) is 9.86. The Kier molecular flexibility index (Phi) is 3.14. The van der Waals surface area contributed by atoms with Crippen LogP contribution in [-0.4, -0.2) is 12.9 Å². The van der Waals surface area contributed by atoms with Crippen molar-refractivity contribution in [3.05, 3.63) is 35.6 Å². The molecule has 13 heavy (non-hydrogen) atoms. The molecule has 3 heteroatoms. The second kappa shape index (κ2) is 4.14. The van der Waals surface area contributed by atoms with Gasteiger partial charge in [-0.2, -0.15) is 0 Å². The quantitative estimate of drug-likeness (QED) is 0.715.